The van der Waals surface area contributed by atoms with Crippen molar-refractivity contribution in [1.82, 2.24) is 0 Å². The SMILES string of the molecule is C[C@@H]1O[C@@H](O[C@H]2[C@H](O)[C@@H](O[C@@H]3O[C@H](CO)[C@@H](O)[C@H](O)[C@H]3O)C(O)O[C@@H]2CO)[C@H](O)[C@H](O)[C@H]1O. The number of hydrogen-bond donors (Lipinski definition) is 10. The summed E-state index contributed by atoms with van der Waals surface area (Å²) in [5.41, 5.74) is 0. The van der Waals surface area contributed by atoms with Gasteiger partial charge in [0.25, 0.3) is 0 Å². The molecule has 15 atom stereocenters. The molecule has 0 amide bonds. The van der Waals surface area contributed by atoms with Crippen molar-refractivity contribution in [3.05, 3.63) is 0 Å². The molecule has 3 aliphatic heterocycles. The van der Waals surface area contributed by atoms with Crippen molar-refractivity contribution in [2.24, 2.45) is 0 Å². The third kappa shape index (κ3) is 5.32. The molecule has 0 aromatic heterocycles. The Bertz CT molecular complexity index is 624. The molecule has 0 aliphatic carbocycles. The fourth-order valence-electron chi connectivity index (χ4n) is 3.99. The number of rotatable bonds is 6. The predicted molar refractivity (Wildman–Crippen MR) is 99.8 cm³/mol. The van der Waals surface area contributed by atoms with Crippen LogP contribution in [0.3, 0.4) is 0 Å². The first kappa shape index (κ1) is 27.0. The van der Waals surface area contributed by atoms with Crippen LogP contribution in [0.25, 0.3) is 0 Å². The quantitative estimate of drug-likeness (QED) is 0.167. The lowest BCUT2D eigenvalue weighted by Crippen LogP contribution is -2.66. The van der Waals surface area contributed by atoms with Gasteiger partial charge in [0, 0.05) is 0 Å². The molecule has 0 bridgehead atoms. The molecule has 3 fully saturated rings. The highest BCUT2D eigenvalue weighted by atomic mass is 16.8. The van der Waals surface area contributed by atoms with E-state index in [0.717, 1.165) is 0 Å². The fourth-order valence-corrected chi connectivity index (χ4v) is 3.99. The predicted octanol–water partition coefficient (Wildman–Crippen LogP) is -6.55. The summed E-state index contributed by atoms with van der Waals surface area (Å²) in [6.45, 7) is -0.0873. The topological polar surface area (TPSA) is 248 Å². The largest absolute Gasteiger partial charge is 0.394 e. The van der Waals surface area contributed by atoms with Crippen LogP contribution in [0, 0.1) is 0 Å². The number of aliphatic hydroxyl groups is 10. The van der Waals surface area contributed by atoms with Crippen LogP contribution in [-0.2, 0) is 23.7 Å². The van der Waals surface area contributed by atoms with Gasteiger partial charge in [-0.05, 0) is 6.92 Å². The minimum absolute atomic E-state index is 0.737. The monoisotopic (exact) mass is 488 g/mol. The molecule has 10 N–H and O–H groups in total. The maximum Gasteiger partial charge on any atom is 0.187 e. The molecule has 33 heavy (non-hydrogen) atoms. The van der Waals surface area contributed by atoms with E-state index in [4.69, 9.17) is 23.7 Å². The van der Waals surface area contributed by atoms with Crippen LogP contribution >= 0.6 is 0 Å². The minimum Gasteiger partial charge on any atom is -0.394 e. The van der Waals surface area contributed by atoms with Gasteiger partial charge in [-0.2, -0.15) is 0 Å². The van der Waals surface area contributed by atoms with Gasteiger partial charge in [-0.25, -0.2) is 0 Å². The standard InChI is InChI=1S/C18H32O15/c1-4-7(21)9(23)11(25)17(29-4)32-14-6(3-20)30-16(28)15(13(14)27)33-18-12(26)10(24)8(22)5(2-19)31-18/h4-28H,2-3H2,1H3/t4-,5+,6+,7-,8+,9+,10-,11+,12+,13-,14+,15+,16?,17-,18-/m0/s1. The molecule has 3 saturated heterocycles. The smallest absolute Gasteiger partial charge is 0.187 e. The molecular formula is C18H32O15. The van der Waals surface area contributed by atoms with Crippen molar-refractivity contribution >= 4 is 0 Å². The lowest BCUT2D eigenvalue weighted by Gasteiger charge is -2.47. The highest BCUT2D eigenvalue weighted by Gasteiger charge is 2.53. The van der Waals surface area contributed by atoms with Crippen LogP contribution in [0.5, 0.6) is 0 Å². The summed E-state index contributed by atoms with van der Waals surface area (Å²) in [5.74, 6) is 0. The first-order valence-corrected chi connectivity index (χ1v) is 10.4. The maximum atomic E-state index is 10.8. The molecule has 0 saturated carbocycles. The molecular weight excluding hydrogens is 456 g/mol. The zero-order chi connectivity index (χ0) is 24.6. The van der Waals surface area contributed by atoms with Crippen LogP contribution < -0.4 is 0 Å². The molecule has 15 heteroatoms. The minimum atomic E-state index is -1.88. The lowest BCUT2D eigenvalue weighted by molar-refractivity contribution is -0.381. The van der Waals surface area contributed by atoms with E-state index in [1.165, 1.54) is 6.92 Å². The zero-order valence-corrected chi connectivity index (χ0v) is 17.6. The molecule has 3 rings (SSSR count). The van der Waals surface area contributed by atoms with Gasteiger partial charge in [-0.1, -0.05) is 0 Å². The van der Waals surface area contributed by atoms with Gasteiger partial charge in [-0.3, -0.25) is 0 Å². The second-order valence-corrected chi connectivity index (χ2v) is 8.32. The van der Waals surface area contributed by atoms with Crippen LogP contribution in [-0.4, -0.2) is 156 Å². The molecule has 194 valence electrons. The van der Waals surface area contributed by atoms with E-state index in [1.807, 2.05) is 0 Å². The van der Waals surface area contributed by atoms with Crippen molar-refractivity contribution in [3.8, 4) is 0 Å². The van der Waals surface area contributed by atoms with Crippen molar-refractivity contribution in [2.75, 3.05) is 13.2 Å². The molecule has 0 aromatic carbocycles. The van der Waals surface area contributed by atoms with Crippen molar-refractivity contribution in [2.45, 2.75) is 99.0 Å². The van der Waals surface area contributed by atoms with Gasteiger partial charge in [0.1, 0.15) is 67.1 Å². The Morgan fingerprint density at radius 2 is 1.06 bits per heavy atom. The van der Waals surface area contributed by atoms with Crippen LogP contribution in [0.4, 0.5) is 0 Å². The second-order valence-electron chi connectivity index (χ2n) is 8.32. The first-order chi connectivity index (χ1) is 15.5. The normalized spacial score (nSPS) is 53.7. The highest BCUT2D eigenvalue weighted by molar-refractivity contribution is 4.95. The Labute approximate surface area is 187 Å². The molecule has 15 nitrogen and oxygen atoms in total. The highest BCUT2D eigenvalue weighted by Crippen LogP contribution is 2.32. The fraction of sp³-hybridized carbons (Fsp3) is 1.00. The molecule has 0 radical (unpaired) electrons. The molecule has 0 aromatic rings. The number of hydrogen-bond acceptors (Lipinski definition) is 15. The molecule has 3 heterocycles. The van der Waals surface area contributed by atoms with Crippen molar-refractivity contribution in [1.29, 1.82) is 0 Å². The van der Waals surface area contributed by atoms with Crippen LogP contribution in [0.2, 0.25) is 0 Å². The summed E-state index contributed by atoms with van der Waals surface area (Å²) in [7, 11) is 0. The Morgan fingerprint density at radius 3 is 1.64 bits per heavy atom. The maximum absolute atomic E-state index is 10.8. The number of aliphatic hydroxyl groups excluding tert-OH is 10. The van der Waals surface area contributed by atoms with Gasteiger partial charge in [0.2, 0.25) is 0 Å². The van der Waals surface area contributed by atoms with Gasteiger partial charge in [0.15, 0.2) is 18.9 Å². The molecule has 1 unspecified atom stereocenters. The van der Waals surface area contributed by atoms with E-state index in [0.29, 0.717) is 0 Å². The van der Waals surface area contributed by atoms with Crippen LogP contribution in [0.1, 0.15) is 6.92 Å². The number of ether oxygens (including phenoxy) is 5. The summed E-state index contributed by atoms with van der Waals surface area (Å²) in [5, 5.41) is 99.8. The Hall–Kier alpha value is -0.600. The molecule has 0 spiro atoms. The lowest BCUT2D eigenvalue weighted by atomic mass is 9.96. The summed E-state index contributed by atoms with van der Waals surface area (Å²) < 4.78 is 26.6. The van der Waals surface area contributed by atoms with Crippen molar-refractivity contribution in [3.63, 3.8) is 0 Å². The van der Waals surface area contributed by atoms with E-state index in [9.17, 15) is 51.1 Å². The Balaban J connectivity index is 1.75. The summed E-state index contributed by atoms with van der Waals surface area (Å²) >= 11 is 0. The van der Waals surface area contributed by atoms with E-state index < -0.39 is 105 Å². The van der Waals surface area contributed by atoms with Gasteiger partial charge in [0.05, 0.1) is 19.3 Å². The summed E-state index contributed by atoms with van der Waals surface area (Å²) in [6, 6.07) is 0. The third-order valence-corrected chi connectivity index (χ3v) is 6.05. The average Bonchev–Trinajstić information content (AvgIpc) is 2.79. The third-order valence-electron chi connectivity index (χ3n) is 6.05. The van der Waals surface area contributed by atoms with Gasteiger partial charge in [-0.15, -0.1) is 0 Å². The van der Waals surface area contributed by atoms with E-state index in [2.05, 4.69) is 0 Å². The molecule has 3 aliphatic rings. The van der Waals surface area contributed by atoms with Gasteiger partial charge < -0.3 is 74.7 Å². The summed E-state index contributed by atoms with van der Waals surface area (Å²) in [6.07, 6.45) is -23.9. The Morgan fingerprint density at radius 1 is 0.545 bits per heavy atom. The van der Waals surface area contributed by atoms with Gasteiger partial charge >= 0.3 is 0 Å². The summed E-state index contributed by atoms with van der Waals surface area (Å²) in [4.78, 5) is 0. The Kier molecular flexibility index (Phi) is 8.99. The van der Waals surface area contributed by atoms with E-state index in [1.54, 1.807) is 0 Å². The first-order valence-electron chi connectivity index (χ1n) is 10.4. The van der Waals surface area contributed by atoms with Crippen LogP contribution in [0.15, 0.2) is 0 Å². The van der Waals surface area contributed by atoms with E-state index >= 15 is 0 Å². The second kappa shape index (κ2) is 11.0. The zero-order valence-electron chi connectivity index (χ0n) is 17.6. The average molecular weight is 488 g/mol. The van der Waals surface area contributed by atoms with Crippen molar-refractivity contribution < 1.29 is 74.7 Å². The van der Waals surface area contributed by atoms with E-state index in [-0.39, 0.29) is 0 Å².